The Labute approximate surface area is 128 Å². The maximum atomic E-state index is 11.1. The van der Waals surface area contributed by atoms with E-state index in [1.807, 2.05) is 45.0 Å². The van der Waals surface area contributed by atoms with Gasteiger partial charge in [-0.2, -0.15) is 0 Å². The molecule has 0 saturated heterocycles. The highest BCUT2D eigenvalue weighted by Crippen LogP contribution is 2.26. The van der Waals surface area contributed by atoms with Crippen molar-refractivity contribution < 1.29 is 4.92 Å². The van der Waals surface area contributed by atoms with Crippen molar-refractivity contribution in [2.24, 2.45) is 5.92 Å². The summed E-state index contributed by atoms with van der Waals surface area (Å²) in [4.78, 5) is 15.2. The van der Waals surface area contributed by atoms with Gasteiger partial charge in [0, 0.05) is 23.4 Å². The molecule has 2 aromatic rings. The zero-order valence-corrected chi connectivity index (χ0v) is 13.0. The van der Waals surface area contributed by atoms with Crippen molar-refractivity contribution in [3.05, 3.63) is 56.4 Å². The number of para-hydroxylation sites is 1. The highest BCUT2D eigenvalue weighted by atomic mass is 35.5. The van der Waals surface area contributed by atoms with E-state index in [4.69, 9.17) is 11.6 Å². The van der Waals surface area contributed by atoms with Crippen LogP contribution in [0.25, 0.3) is 17.0 Å². The van der Waals surface area contributed by atoms with Crippen LogP contribution in [0.15, 0.2) is 30.0 Å². The molecule has 0 aliphatic carbocycles. The zero-order chi connectivity index (χ0) is 15.6. The molecule has 0 radical (unpaired) electrons. The molecule has 4 nitrogen and oxygen atoms in total. The van der Waals surface area contributed by atoms with Crippen molar-refractivity contribution >= 4 is 28.6 Å². The molecule has 0 saturated carbocycles. The van der Waals surface area contributed by atoms with Gasteiger partial charge in [0.25, 0.3) is 0 Å². The lowest BCUT2D eigenvalue weighted by Crippen LogP contribution is -2.02. The molecule has 0 aliphatic heterocycles. The van der Waals surface area contributed by atoms with Gasteiger partial charge in [0.2, 0.25) is 5.70 Å². The third kappa shape index (κ3) is 3.58. The molecule has 0 aliphatic rings. The van der Waals surface area contributed by atoms with Gasteiger partial charge in [-0.05, 0) is 24.5 Å². The molecule has 0 bridgehead atoms. The summed E-state index contributed by atoms with van der Waals surface area (Å²) >= 11 is 6.18. The maximum Gasteiger partial charge on any atom is 0.247 e. The van der Waals surface area contributed by atoms with Crippen LogP contribution in [0, 0.1) is 23.0 Å². The fourth-order valence-corrected chi connectivity index (χ4v) is 2.42. The molecule has 21 heavy (non-hydrogen) atoms. The average Bonchev–Trinajstić information content (AvgIpc) is 2.39. The number of halogens is 1. The second kappa shape index (κ2) is 6.22. The largest absolute Gasteiger partial charge is 0.259 e. The predicted molar refractivity (Wildman–Crippen MR) is 85.9 cm³/mol. The van der Waals surface area contributed by atoms with E-state index < -0.39 is 0 Å². The summed E-state index contributed by atoms with van der Waals surface area (Å²) in [7, 11) is 0. The van der Waals surface area contributed by atoms with Gasteiger partial charge in [0.1, 0.15) is 5.15 Å². The van der Waals surface area contributed by atoms with Gasteiger partial charge in [-0.1, -0.05) is 43.6 Å². The van der Waals surface area contributed by atoms with Gasteiger partial charge in [-0.25, -0.2) is 4.98 Å². The maximum absolute atomic E-state index is 11.1. The second-order valence-electron chi connectivity index (χ2n) is 5.51. The summed E-state index contributed by atoms with van der Waals surface area (Å²) in [5, 5.41) is 12.4. The number of aryl methyl sites for hydroxylation is 1. The molecule has 1 aromatic heterocycles. The summed E-state index contributed by atoms with van der Waals surface area (Å²) in [6, 6.07) is 7.67. The van der Waals surface area contributed by atoms with Gasteiger partial charge in [-0.15, -0.1) is 0 Å². The SMILES string of the molecule is Cc1cccc2cc(C=C(CC(C)C)[N+](=O)[O-])c(Cl)nc12. The van der Waals surface area contributed by atoms with Crippen molar-refractivity contribution in [1.82, 2.24) is 4.98 Å². The summed E-state index contributed by atoms with van der Waals surface area (Å²) in [6.45, 7) is 5.85. The Morgan fingerprint density at radius 2 is 2.19 bits per heavy atom. The number of nitro groups is 1. The molecule has 1 heterocycles. The lowest BCUT2D eigenvalue weighted by atomic mass is 10.1. The molecule has 5 heteroatoms. The van der Waals surface area contributed by atoms with Crippen molar-refractivity contribution in [1.29, 1.82) is 0 Å². The number of nitrogens with zero attached hydrogens (tertiary/aromatic N) is 2. The number of pyridine rings is 1. The Kier molecular flexibility index (Phi) is 4.58. The quantitative estimate of drug-likeness (QED) is 0.460. The number of fused-ring (bicyclic) bond motifs is 1. The molecular weight excluding hydrogens is 288 g/mol. The van der Waals surface area contributed by atoms with E-state index in [9.17, 15) is 10.1 Å². The standard InChI is InChI=1S/C16H17ClN2O2/c1-10(2)7-14(19(20)21)9-13-8-12-6-4-5-11(3)15(12)18-16(13)17/h4-6,8-10H,7H2,1-3H3. The third-order valence-electron chi connectivity index (χ3n) is 3.20. The summed E-state index contributed by atoms with van der Waals surface area (Å²) in [5.74, 6) is 0.205. The third-order valence-corrected chi connectivity index (χ3v) is 3.50. The van der Waals surface area contributed by atoms with Gasteiger partial charge < -0.3 is 0 Å². The van der Waals surface area contributed by atoms with Crippen LogP contribution in [0.4, 0.5) is 0 Å². The highest BCUT2D eigenvalue weighted by molar-refractivity contribution is 6.31. The normalized spacial score (nSPS) is 12.1. The summed E-state index contributed by atoms with van der Waals surface area (Å²) in [6.07, 6.45) is 1.92. The van der Waals surface area contributed by atoms with E-state index in [1.165, 1.54) is 6.08 Å². The zero-order valence-electron chi connectivity index (χ0n) is 12.3. The minimum atomic E-state index is -0.350. The number of hydrogen-bond acceptors (Lipinski definition) is 3. The Balaban J connectivity index is 2.55. The van der Waals surface area contributed by atoms with Crippen LogP contribution in [0.3, 0.4) is 0 Å². The van der Waals surface area contributed by atoms with Crippen molar-refractivity contribution in [3.63, 3.8) is 0 Å². The van der Waals surface area contributed by atoms with E-state index >= 15 is 0 Å². The minimum absolute atomic E-state index is 0.153. The Morgan fingerprint density at radius 1 is 1.48 bits per heavy atom. The number of rotatable bonds is 4. The molecule has 2 rings (SSSR count). The minimum Gasteiger partial charge on any atom is -0.259 e. The molecule has 0 fully saturated rings. The van der Waals surface area contributed by atoms with E-state index in [0.29, 0.717) is 17.1 Å². The molecule has 0 spiro atoms. The van der Waals surface area contributed by atoms with Crippen molar-refractivity contribution in [2.45, 2.75) is 27.2 Å². The van der Waals surface area contributed by atoms with Gasteiger partial charge in [0.05, 0.1) is 10.4 Å². The van der Waals surface area contributed by atoms with Crippen LogP contribution in [0.2, 0.25) is 5.15 Å². The smallest absolute Gasteiger partial charge is 0.247 e. The molecule has 1 aromatic carbocycles. The van der Waals surface area contributed by atoms with Gasteiger partial charge >= 0.3 is 0 Å². The highest BCUT2D eigenvalue weighted by Gasteiger charge is 2.15. The summed E-state index contributed by atoms with van der Waals surface area (Å²) < 4.78 is 0. The fraction of sp³-hybridized carbons (Fsp3) is 0.312. The first kappa shape index (κ1) is 15.4. The van der Waals surface area contributed by atoms with Crippen LogP contribution >= 0.6 is 11.6 Å². The van der Waals surface area contributed by atoms with Crippen LogP contribution in [0.5, 0.6) is 0 Å². The molecule has 110 valence electrons. The van der Waals surface area contributed by atoms with Gasteiger partial charge in [0.15, 0.2) is 0 Å². The van der Waals surface area contributed by atoms with E-state index in [-0.39, 0.29) is 16.5 Å². The predicted octanol–water partition coefficient (Wildman–Crippen LogP) is 4.86. The van der Waals surface area contributed by atoms with Crippen LogP contribution < -0.4 is 0 Å². The molecular formula is C16H17ClN2O2. The molecule has 0 amide bonds. The number of benzene rings is 1. The topological polar surface area (TPSA) is 56.0 Å². The average molecular weight is 305 g/mol. The Bertz CT molecular complexity index is 724. The Hall–Kier alpha value is -1.94. The lowest BCUT2D eigenvalue weighted by Gasteiger charge is -2.06. The van der Waals surface area contributed by atoms with E-state index in [1.54, 1.807) is 0 Å². The van der Waals surface area contributed by atoms with Crippen LogP contribution in [-0.4, -0.2) is 9.91 Å². The Morgan fingerprint density at radius 3 is 2.81 bits per heavy atom. The number of allylic oxidation sites excluding steroid dienone is 1. The molecule has 0 N–H and O–H groups in total. The van der Waals surface area contributed by atoms with Gasteiger partial charge in [-0.3, -0.25) is 10.1 Å². The molecule has 0 atom stereocenters. The van der Waals surface area contributed by atoms with Crippen molar-refractivity contribution in [3.8, 4) is 0 Å². The van der Waals surface area contributed by atoms with E-state index in [2.05, 4.69) is 4.98 Å². The van der Waals surface area contributed by atoms with E-state index in [0.717, 1.165) is 16.5 Å². The van der Waals surface area contributed by atoms with Crippen LogP contribution in [0.1, 0.15) is 31.4 Å². The monoisotopic (exact) mass is 304 g/mol. The first-order valence-corrected chi connectivity index (χ1v) is 7.17. The van der Waals surface area contributed by atoms with Crippen molar-refractivity contribution in [2.75, 3.05) is 0 Å². The summed E-state index contributed by atoms with van der Waals surface area (Å²) in [5.41, 5.74) is 2.59. The fourth-order valence-electron chi connectivity index (χ4n) is 2.23. The second-order valence-corrected chi connectivity index (χ2v) is 5.86. The first-order valence-electron chi connectivity index (χ1n) is 6.79. The first-order chi connectivity index (χ1) is 9.88. The number of aromatic nitrogens is 1. The number of hydrogen-bond donors (Lipinski definition) is 0. The molecule has 0 unspecified atom stereocenters. The lowest BCUT2D eigenvalue weighted by molar-refractivity contribution is -0.427. The van der Waals surface area contributed by atoms with Crippen LogP contribution in [-0.2, 0) is 0 Å².